The van der Waals surface area contributed by atoms with E-state index in [-0.39, 0.29) is 17.1 Å². The molecule has 5 rings (SSSR count). The second kappa shape index (κ2) is 7.99. The Labute approximate surface area is 179 Å². The summed E-state index contributed by atoms with van der Waals surface area (Å²) in [7, 11) is 0. The molecular weight excluding hydrogens is 377 g/mol. The van der Waals surface area contributed by atoms with Crippen LogP contribution in [-0.2, 0) is 4.79 Å². The molecule has 1 aromatic carbocycles. The van der Waals surface area contributed by atoms with E-state index in [2.05, 4.69) is 22.9 Å². The minimum Gasteiger partial charge on any atom is -0.372 e. The van der Waals surface area contributed by atoms with Gasteiger partial charge in [-0.1, -0.05) is 12.6 Å². The van der Waals surface area contributed by atoms with Gasteiger partial charge in [-0.2, -0.15) is 0 Å². The summed E-state index contributed by atoms with van der Waals surface area (Å²) in [5.41, 5.74) is 2.60. The molecule has 1 saturated carbocycles. The van der Waals surface area contributed by atoms with Crippen LogP contribution in [0, 0.1) is 11.2 Å². The van der Waals surface area contributed by atoms with Crippen LogP contribution in [0.3, 0.4) is 0 Å². The number of nitrogens with zero attached hydrogens (tertiary/aromatic N) is 2. The molecule has 4 nitrogen and oxygen atoms in total. The third kappa shape index (κ3) is 3.45. The molecule has 0 atom stereocenters. The van der Waals surface area contributed by atoms with E-state index in [4.69, 9.17) is 0 Å². The van der Waals surface area contributed by atoms with Crippen molar-refractivity contribution in [1.82, 2.24) is 10.2 Å². The fourth-order valence-corrected chi connectivity index (χ4v) is 6.33. The van der Waals surface area contributed by atoms with E-state index >= 15 is 4.39 Å². The molecule has 0 aromatic heterocycles. The molecule has 1 aromatic rings. The van der Waals surface area contributed by atoms with Crippen molar-refractivity contribution in [3.05, 3.63) is 41.9 Å². The highest BCUT2D eigenvalue weighted by Crippen LogP contribution is 2.43. The summed E-state index contributed by atoms with van der Waals surface area (Å²) in [6, 6.07) is 6.25. The molecule has 3 heterocycles. The van der Waals surface area contributed by atoms with Gasteiger partial charge in [0.15, 0.2) is 0 Å². The first kappa shape index (κ1) is 20.0. The van der Waals surface area contributed by atoms with Crippen molar-refractivity contribution >= 4 is 11.6 Å². The summed E-state index contributed by atoms with van der Waals surface area (Å²) >= 11 is 0. The zero-order valence-corrected chi connectivity index (χ0v) is 18.0. The van der Waals surface area contributed by atoms with Crippen LogP contribution in [0.4, 0.5) is 10.1 Å². The van der Waals surface area contributed by atoms with Crippen molar-refractivity contribution < 1.29 is 9.18 Å². The summed E-state index contributed by atoms with van der Waals surface area (Å²) < 4.78 is 15.1. The molecule has 0 radical (unpaired) electrons. The second-order valence-corrected chi connectivity index (χ2v) is 9.82. The third-order valence-electron chi connectivity index (χ3n) is 8.22. The first-order chi connectivity index (χ1) is 14.6. The summed E-state index contributed by atoms with van der Waals surface area (Å²) in [6.45, 7) is 7.78. The molecule has 1 spiro atoms. The highest BCUT2D eigenvalue weighted by Gasteiger charge is 2.47. The predicted molar refractivity (Wildman–Crippen MR) is 118 cm³/mol. The lowest BCUT2D eigenvalue weighted by Crippen LogP contribution is -2.42. The van der Waals surface area contributed by atoms with Crippen LogP contribution in [-0.4, -0.2) is 43.0 Å². The van der Waals surface area contributed by atoms with Gasteiger partial charge in [-0.3, -0.25) is 4.79 Å². The van der Waals surface area contributed by atoms with E-state index in [9.17, 15) is 4.79 Å². The zero-order valence-electron chi connectivity index (χ0n) is 18.0. The lowest BCUT2D eigenvalue weighted by molar-refractivity contribution is -0.126. The van der Waals surface area contributed by atoms with Crippen molar-refractivity contribution in [1.29, 1.82) is 0 Å². The number of hydrogen-bond acceptors (Lipinski definition) is 3. The minimum atomic E-state index is -0.270. The van der Waals surface area contributed by atoms with Gasteiger partial charge >= 0.3 is 0 Å². The van der Waals surface area contributed by atoms with Gasteiger partial charge in [0, 0.05) is 24.8 Å². The fourth-order valence-electron chi connectivity index (χ4n) is 6.33. The van der Waals surface area contributed by atoms with Gasteiger partial charge in [-0.25, -0.2) is 4.39 Å². The van der Waals surface area contributed by atoms with Crippen molar-refractivity contribution in [2.75, 3.05) is 31.1 Å². The van der Waals surface area contributed by atoms with Crippen LogP contribution >= 0.6 is 0 Å². The van der Waals surface area contributed by atoms with Gasteiger partial charge in [-0.15, -0.1) is 0 Å². The van der Waals surface area contributed by atoms with Crippen molar-refractivity contribution in [2.24, 2.45) is 5.41 Å². The summed E-state index contributed by atoms with van der Waals surface area (Å²) in [4.78, 5) is 17.3. The molecule has 1 aliphatic carbocycles. The summed E-state index contributed by atoms with van der Waals surface area (Å²) in [5, 5.41) is 3.34. The van der Waals surface area contributed by atoms with E-state index in [0.717, 1.165) is 76.6 Å². The van der Waals surface area contributed by atoms with E-state index in [1.807, 2.05) is 6.07 Å². The maximum absolute atomic E-state index is 15.1. The van der Waals surface area contributed by atoms with Crippen LogP contribution in [0.15, 0.2) is 30.5 Å². The molecule has 3 saturated heterocycles. The van der Waals surface area contributed by atoms with Crippen molar-refractivity contribution in [2.45, 2.75) is 69.7 Å². The molecule has 30 heavy (non-hydrogen) atoms. The van der Waals surface area contributed by atoms with Crippen LogP contribution in [0.25, 0.3) is 0 Å². The first-order valence-corrected chi connectivity index (χ1v) is 11.8. The average Bonchev–Trinajstić information content (AvgIpc) is 3.33. The van der Waals surface area contributed by atoms with Crippen molar-refractivity contribution in [3.63, 3.8) is 0 Å². The second-order valence-electron chi connectivity index (χ2n) is 9.82. The molecule has 3 aliphatic heterocycles. The predicted octanol–water partition coefficient (Wildman–Crippen LogP) is 4.57. The lowest BCUT2D eigenvalue weighted by Gasteiger charge is -2.36. The maximum Gasteiger partial charge on any atom is 0.233 e. The van der Waals surface area contributed by atoms with Gasteiger partial charge in [-0.05, 0) is 94.5 Å². The Bertz CT molecular complexity index is 824. The number of carbonyl (C=O) groups excluding carboxylic acids is 1. The highest BCUT2D eigenvalue weighted by atomic mass is 19.1. The summed E-state index contributed by atoms with van der Waals surface area (Å²) in [5.74, 6) is 0.314. The molecular formula is C25H34FN3O. The monoisotopic (exact) mass is 411 g/mol. The highest BCUT2D eigenvalue weighted by molar-refractivity contribution is 6.00. The van der Waals surface area contributed by atoms with E-state index < -0.39 is 0 Å². The Hall–Kier alpha value is -1.88. The molecule has 4 aliphatic rings. The first-order valence-electron chi connectivity index (χ1n) is 11.8. The largest absolute Gasteiger partial charge is 0.372 e. The molecule has 162 valence electrons. The standard InChI is InChI=1S/C25H34FN3O/c1-18-3-2-15-28(18)21-7-4-19(5-8-21)20-6-9-23(22(26)17-20)29-16-12-25(24(29)30)10-13-27-14-11-25/h6,9,17,19,21,27H,1-5,7-8,10-16H2. The maximum atomic E-state index is 15.1. The topological polar surface area (TPSA) is 35.6 Å². The van der Waals surface area contributed by atoms with Gasteiger partial charge in [0.05, 0.1) is 11.1 Å². The summed E-state index contributed by atoms with van der Waals surface area (Å²) in [6.07, 6.45) is 9.49. The Morgan fingerprint density at radius 1 is 1.07 bits per heavy atom. The Morgan fingerprint density at radius 2 is 1.83 bits per heavy atom. The number of rotatable bonds is 3. The van der Waals surface area contributed by atoms with Crippen LogP contribution in [0.1, 0.15) is 69.3 Å². The number of amides is 1. The number of nitrogens with one attached hydrogen (secondary N) is 1. The minimum absolute atomic E-state index is 0.127. The smallest absolute Gasteiger partial charge is 0.233 e. The van der Waals surface area contributed by atoms with Crippen LogP contribution in [0.5, 0.6) is 0 Å². The van der Waals surface area contributed by atoms with Gasteiger partial charge in [0.2, 0.25) is 5.91 Å². The average molecular weight is 412 g/mol. The Morgan fingerprint density at radius 3 is 2.50 bits per heavy atom. The van der Waals surface area contributed by atoms with Gasteiger partial charge in [0.1, 0.15) is 5.82 Å². The molecule has 0 unspecified atom stereocenters. The molecule has 5 heteroatoms. The van der Waals surface area contributed by atoms with E-state index in [1.165, 1.54) is 12.1 Å². The third-order valence-corrected chi connectivity index (χ3v) is 8.22. The molecule has 0 bridgehead atoms. The Kier molecular flexibility index (Phi) is 5.34. The van der Waals surface area contributed by atoms with Crippen molar-refractivity contribution in [3.8, 4) is 0 Å². The lowest BCUT2D eigenvalue weighted by atomic mass is 9.77. The number of carbonyl (C=O) groups is 1. The number of likely N-dealkylation sites (tertiary alicyclic amines) is 1. The number of anilines is 1. The van der Waals surface area contributed by atoms with E-state index in [1.54, 1.807) is 11.0 Å². The number of hydrogen-bond donors (Lipinski definition) is 1. The fraction of sp³-hybridized carbons (Fsp3) is 0.640. The number of allylic oxidation sites excluding steroid dienone is 1. The van der Waals surface area contributed by atoms with Crippen LogP contribution in [0.2, 0.25) is 0 Å². The van der Waals surface area contributed by atoms with E-state index in [0.29, 0.717) is 24.2 Å². The quantitative estimate of drug-likeness (QED) is 0.792. The molecule has 1 N–H and O–H groups in total. The normalized spacial score (nSPS) is 29.2. The SMILES string of the molecule is C=C1CCCN1C1CCC(c2ccc(N3CCC4(CCNCC4)C3=O)c(F)c2)CC1. The Balaban J connectivity index is 1.25. The van der Waals surface area contributed by atoms with Crippen LogP contribution < -0.4 is 10.2 Å². The number of halogens is 1. The number of piperidine rings is 1. The molecule has 4 fully saturated rings. The molecule has 1 amide bonds. The van der Waals surface area contributed by atoms with Gasteiger partial charge < -0.3 is 15.1 Å². The number of benzene rings is 1. The zero-order chi connectivity index (χ0) is 20.7. The van der Waals surface area contributed by atoms with Gasteiger partial charge in [0.25, 0.3) is 0 Å².